The Morgan fingerprint density at radius 3 is 2.71 bits per heavy atom. The van der Waals surface area contributed by atoms with E-state index in [4.69, 9.17) is 21.1 Å². The molecule has 0 fully saturated rings. The summed E-state index contributed by atoms with van der Waals surface area (Å²) in [4.78, 5) is 2.18. The van der Waals surface area contributed by atoms with Crippen LogP contribution in [-0.2, 0) is 4.74 Å². The fourth-order valence-corrected chi connectivity index (χ4v) is 1.53. The number of benzene rings is 1. The van der Waals surface area contributed by atoms with Crippen LogP contribution in [-0.4, -0.2) is 44.9 Å². The second-order valence-corrected chi connectivity index (χ2v) is 4.24. The van der Waals surface area contributed by atoms with Gasteiger partial charge >= 0.3 is 0 Å². The molecule has 0 aromatic heterocycles. The predicted octanol–water partition coefficient (Wildman–Crippen LogP) is 2.69. The zero-order chi connectivity index (χ0) is 12.5. The van der Waals surface area contributed by atoms with E-state index in [2.05, 4.69) is 11.9 Å². The van der Waals surface area contributed by atoms with E-state index in [1.54, 1.807) is 0 Å². The number of likely N-dealkylation sites (N-methyl/N-ethyl adjacent to an activating group) is 1. The van der Waals surface area contributed by atoms with Crippen LogP contribution in [0, 0.1) is 0 Å². The van der Waals surface area contributed by atoms with Gasteiger partial charge in [-0.25, -0.2) is 0 Å². The Kier molecular flexibility index (Phi) is 7.01. The summed E-state index contributed by atoms with van der Waals surface area (Å²) < 4.78 is 10.9. The first kappa shape index (κ1) is 14.3. The van der Waals surface area contributed by atoms with E-state index in [9.17, 15) is 0 Å². The largest absolute Gasteiger partial charge is 0.492 e. The monoisotopic (exact) mass is 257 g/mol. The van der Waals surface area contributed by atoms with Crippen molar-refractivity contribution in [1.82, 2.24) is 4.90 Å². The minimum Gasteiger partial charge on any atom is -0.492 e. The van der Waals surface area contributed by atoms with Crippen molar-refractivity contribution in [2.45, 2.75) is 6.92 Å². The Morgan fingerprint density at radius 2 is 2.00 bits per heavy atom. The van der Waals surface area contributed by atoms with E-state index in [0.29, 0.717) is 11.6 Å². The highest BCUT2D eigenvalue weighted by Gasteiger charge is 1.99. The van der Waals surface area contributed by atoms with Crippen molar-refractivity contribution in [2.24, 2.45) is 0 Å². The Morgan fingerprint density at radius 1 is 1.24 bits per heavy atom. The lowest BCUT2D eigenvalue weighted by molar-refractivity contribution is 0.116. The quantitative estimate of drug-likeness (QED) is 0.669. The first-order valence-corrected chi connectivity index (χ1v) is 6.25. The number of hydrogen-bond donors (Lipinski definition) is 0. The molecule has 0 amide bonds. The molecule has 4 heteroatoms. The molecular weight excluding hydrogens is 238 g/mol. The van der Waals surface area contributed by atoms with Gasteiger partial charge in [-0.15, -0.1) is 0 Å². The van der Waals surface area contributed by atoms with Gasteiger partial charge in [0.2, 0.25) is 0 Å². The summed E-state index contributed by atoms with van der Waals surface area (Å²) in [6, 6.07) is 7.45. The second-order valence-electron chi connectivity index (χ2n) is 3.81. The third-order valence-electron chi connectivity index (χ3n) is 2.36. The molecule has 0 saturated heterocycles. The van der Waals surface area contributed by atoms with Crippen molar-refractivity contribution in [1.29, 1.82) is 0 Å². The predicted molar refractivity (Wildman–Crippen MR) is 70.9 cm³/mol. The first-order valence-electron chi connectivity index (χ1n) is 5.87. The maximum absolute atomic E-state index is 5.86. The maximum Gasteiger partial charge on any atom is 0.120 e. The molecule has 0 aliphatic heterocycles. The zero-order valence-corrected chi connectivity index (χ0v) is 11.2. The van der Waals surface area contributed by atoms with E-state index < -0.39 is 0 Å². The third kappa shape index (κ3) is 6.51. The molecule has 3 nitrogen and oxygen atoms in total. The van der Waals surface area contributed by atoms with Crippen molar-refractivity contribution in [3.63, 3.8) is 0 Å². The fraction of sp³-hybridized carbons (Fsp3) is 0.538. The molecular formula is C13H20ClNO2. The molecule has 0 aliphatic rings. The van der Waals surface area contributed by atoms with Gasteiger partial charge in [-0.1, -0.05) is 17.7 Å². The molecule has 1 rings (SSSR count). The number of rotatable bonds is 8. The van der Waals surface area contributed by atoms with Gasteiger partial charge in [0.1, 0.15) is 12.4 Å². The zero-order valence-electron chi connectivity index (χ0n) is 10.5. The lowest BCUT2D eigenvalue weighted by atomic mass is 10.3. The molecule has 1 aromatic carbocycles. The third-order valence-corrected chi connectivity index (χ3v) is 2.59. The highest BCUT2D eigenvalue weighted by molar-refractivity contribution is 6.30. The van der Waals surface area contributed by atoms with Crippen LogP contribution in [0.1, 0.15) is 6.92 Å². The summed E-state index contributed by atoms with van der Waals surface area (Å²) in [7, 11) is 2.06. The smallest absolute Gasteiger partial charge is 0.120 e. The molecule has 0 bridgehead atoms. The van der Waals surface area contributed by atoms with E-state index in [-0.39, 0.29) is 0 Å². The van der Waals surface area contributed by atoms with E-state index in [1.807, 2.05) is 31.2 Å². The van der Waals surface area contributed by atoms with Gasteiger partial charge in [0, 0.05) is 24.7 Å². The van der Waals surface area contributed by atoms with Crippen molar-refractivity contribution < 1.29 is 9.47 Å². The Labute approximate surface area is 108 Å². The second kappa shape index (κ2) is 8.34. The normalized spacial score (nSPS) is 10.8. The van der Waals surface area contributed by atoms with Gasteiger partial charge in [0.15, 0.2) is 0 Å². The summed E-state index contributed by atoms with van der Waals surface area (Å²) in [6.07, 6.45) is 0. The molecule has 0 aliphatic carbocycles. The Hall–Kier alpha value is -0.770. The van der Waals surface area contributed by atoms with Crippen molar-refractivity contribution in [3.8, 4) is 5.75 Å². The number of halogens is 1. The Bertz CT molecular complexity index is 320. The van der Waals surface area contributed by atoms with E-state index >= 15 is 0 Å². The van der Waals surface area contributed by atoms with Crippen LogP contribution in [0.5, 0.6) is 5.75 Å². The van der Waals surface area contributed by atoms with Crippen LogP contribution < -0.4 is 4.74 Å². The molecule has 0 atom stereocenters. The van der Waals surface area contributed by atoms with Crippen molar-refractivity contribution in [3.05, 3.63) is 29.3 Å². The van der Waals surface area contributed by atoms with Crippen LogP contribution >= 0.6 is 11.6 Å². The molecule has 0 heterocycles. The van der Waals surface area contributed by atoms with Crippen LogP contribution in [0.15, 0.2) is 24.3 Å². The molecule has 0 N–H and O–H groups in total. The van der Waals surface area contributed by atoms with E-state index in [1.165, 1.54) is 0 Å². The standard InChI is InChI=1S/C13H20ClNO2/c1-3-16-9-7-15(2)8-10-17-13-6-4-5-12(14)11-13/h4-6,11H,3,7-10H2,1-2H3. The van der Waals surface area contributed by atoms with Crippen LogP contribution in [0.4, 0.5) is 0 Å². The van der Waals surface area contributed by atoms with Crippen molar-refractivity contribution >= 4 is 11.6 Å². The highest BCUT2D eigenvalue weighted by Crippen LogP contribution is 2.16. The van der Waals surface area contributed by atoms with Gasteiger partial charge in [0.25, 0.3) is 0 Å². The average molecular weight is 258 g/mol. The fourth-order valence-electron chi connectivity index (χ4n) is 1.35. The topological polar surface area (TPSA) is 21.7 Å². The van der Waals surface area contributed by atoms with Crippen molar-refractivity contribution in [2.75, 3.05) is 40.0 Å². The summed E-state index contributed by atoms with van der Waals surface area (Å²) in [6.45, 7) is 5.99. The summed E-state index contributed by atoms with van der Waals surface area (Å²) in [5, 5.41) is 0.701. The maximum atomic E-state index is 5.86. The van der Waals surface area contributed by atoms with Crippen LogP contribution in [0.25, 0.3) is 0 Å². The summed E-state index contributed by atoms with van der Waals surface area (Å²) in [5.74, 6) is 0.815. The molecule has 0 saturated carbocycles. The number of nitrogens with zero attached hydrogens (tertiary/aromatic N) is 1. The summed E-state index contributed by atoms with van der Waals surface area (Å²) >= 11 is 5.86. The van der Waals surface area contributed by atoms with Gasteiger partial charge in [0.05, 0.1) is 6.61 Å². The SMILES string of the molecule is CCOCCN(C)CCOc1cccc(Cl)c1. The van der Waals surface area contributed by atoms with Gasteiger partial charge in [-0.05, 0) is 32.2 Å². The summed E-state index contributed by atoms with van der Waals surface area (Å²) in [5.41, 5.74) is 0. The minimum absolute atomic E-state index is 0.656. The lowest BCUT2D eigenvalue weighted by Gasteiger charge is -2.16. The van der Waals surface area contributed by atoms with Gasteiger partial charge in [-0.2, -0.15) is 0 Å². The average Bonchev–Trinajstić information content (AvgIpc) is 2.29. The highest BCUT2D eigenvalue weighted by atomic mass is 35.5. The Balaban J connectivity index is 2.14. The van der Waals surface area contributed by atoms with Crippen LogP contribution in [0.2, 0.25) is 5.02 Å². The molecule has 0 unspecified atom stereocenters. The molecule has 17 heavy (non-hydrogen) atoms. The first-order chi connectivity index (χ1) is 8.22. The number of ether oxygens (including phenoxy) is 2. The van der Waals surface area contributed by atoms with Crippen LogP contribution in [0.3, 0.4) is 0 Å². The number of hydrogen-bond acceptors (Lipinski definition) is 3. The molecule has 96 valence electrons. The minimum atomic E-state index is 0.656. The van der Waals surface area contributed by atoms with E-state index in [0.717, 1.165) is 32.1 Å². The van der Waals surface area contributed by atoms with Gasteiger partial charge in [-0.3, -0.25) is 0 Å². The molecule has 1 aromatic rings. The molecule has 0 spiro atoms. The molecule has 0 radical (unpaired) electrons. The van der Waals surface area contributed by atoms with Gasteiger partial charge < -0.3 is 14.4 Å². The lowest BCUT2D eigenvalue weighted by Crippen LogP contribution is -2.27.